The summed E-state index contributed by atoms with van der Waals surface area (Å²) in [5.74, 6) is -2.48. The number of halogens is 2. The van der Waals surface area contributed by atoms with E-state index >= 15 is 0 Å². The van der Waals surface area contributed by atoms with Crippen LogP contribution in [-0.4, -0.2) is 58.1 Å². The van der Waals surface area contributed by atoms with Gasteiger partial charge in [-0.3, -0.25) is 4.79 Å². The van der Waals surface area contributed by atoms with Crippen molar-refractivity contribution in [1.29, 1.82) is 0 Å². The average Bonchev–Trinajstić information content (AvgIpc) is 3.38. The Hall–Kier alpha value is -2.22. The first-order valence-electron chi connectivity index (χ1n) is 9.22. The number of rotatable bonds is 4. The lowest BCUT2D eigenvalue weighted by atomic mass is 9.81. The molecule has 3 heterocycles. The molecule has 4 rings (SSSR count). The average molecular weight is 379 g/mol. The second-order valence-corrected chi connectivity index (χ2v) is 8.13. The second kappa shape index (κ2) is 6.15. The number of carboxylic acids is 1. The first-order chi connectivity index (χ1) is 12.8. The predicted molar refractivity (Wildman–Crippen MR) is 93.5 cm³/mol. The molecule has 3 unspecified atom stereocenters. The van der Waals surface area contributed by atoms with Crippen LogP contribution in [0.25, 0.3) is 0 Å². The maximum atomic E-state index is 15.0. The monoisotopic (exact) mass is 379 g/mol. The number of nitrogens with two attached hydrogens (primary N) is 1. The number of likely N-dealkylation sites (tertiary alicyclic amines) is 1. The van der Waals surface area contributed by atoms with Gasteiger partial charge in [0.15, 0.2) is 5.83 Å². The molecule has 0 spiro atoms. The van der Waals surface area contributed by atoms with E-state index in [-0.39, 0.29) is 24.0 Å². The highest BCUT2D eigenvalue weighted by molar-refractivity contribution is 6.16. The molecule has 2 fully saturated rings. The lowest BCUT2D eigenvalue weighted by Gasteiger charge is -2.43. The third-order valence-corrected chi connectivity index (χ3v) is 6.15. The van der Waals surface area contributed by atoms with E-state index in [0.29, 0.717) is 24.2 Å². The summed E-state index contributed by atoms with van der Waals surface area (Å²) in [5, 5.41) is 9.36. The maximum Gasteiger partial charge on any atom is 0.341 e. The topological polar surface area (TPSA) is 86.9 Å². The smallest absolute Gasteiger partial charge is 0.341 e. The van der Waals surface area contributed by atoms with Crippen molar-refractivity contribution in [1.82, 2.24) is 9.80 Å². The first-order valence-corrected chi connectivity index (χ1v) is 9.22. The molecule has 1 saturated carbocycles. The van der Waals surface area contributed by atoms with Gasteiger partial charge >= 0.3 is 5.97 Å². The molecule has 6 nitrogen and oxygen atoms in total. The largest absolute Gasteiger partial charge is 0.478 e. The van der Waals surface area contributed by atoms with E-state index < -0.39 is 36.0 Å². The van der Waals surface area contributed by atoms with E-state index in [9.17, 15) is 23.5 Å². The highest BCUT2D eigenvalue weighted by atomic mass is 19.1. The summed E-state index contributed by atoms with van der Waals surface area (Å²) in [4.78, 5) is 27.1. The van der Waals surface area contributed by atoms with Crippen molar-refractivity contribution in [2.45, 2.75) is 37.8 Å². The molecule has 3 N–H and O–H groups in total. The number of carbonyl (C=O) groups is 2. The summed E-state index contributed by atoms with van der Waals surface area (Å²) >= 11 is 0. The van der Waals surface area contributed by atoms with Gasteiger partial charge in [-0.15, -0.1) is 0 Å². The Kier molecular flexibility index (Phi) is 4.14. The van der Waals surface area contributed by atoms with E-state index in [0.717, 1.165) is 19.0 Å². The van der Waals surface area contributed by atoms with E-state index in [1.165, 1.54) is 4.90 Å². The number of hydrogen-bond donors (Lipinski definition) is 2. The zero-order valence-corrected chi connectivity index (χ0v) is 15.1. The van der Waals surface area contributed by atoms with Gasteiger partial charge in [0.1, 0.15) is 12.2 Å². The Morgan fingerprint density at radius 1 is 1.44 bits per heavy atom. The lowest BCUT2D eigenvalue weighted by molar-refractivity contribution is -0.138. The third kappa shape index (κ3) is 2.86. The molecular weight excluding hydrogens is 356 g/mol. The zero-order chi connectivity index (χ0) is 19.5. The number of carbonyl (C=O) groups excluding carboxylic acids is 1. The van der Waals surface area contributed by atoms with E-state index in [2.05, 4.69) is 0 Å². The molecule has 146 valence electrons. The Morgan fingerprint density at radius 2 is 2.15 bits per heavy atom. The molecular formula is C19H23F2N3O3. The lowest BCUT2D eigenvalue weighted by Crippen LogP contribution is -2.51. The minimum atomic E-state index is -1.29. The molecule has 1 amide bonds. The summed E-state index contributed by atoms with van der Waals surface area (Å²) in [6, 6.07) is -0.416. The number of amides is 1. The molecule has 3 atom stereocenters. The maximum absolute atomic E-state index is 15.0. The molecule has 1 saturated heterocycles. The van der Waals surface area contributed by atoms with Crippen LogP contribution in [0.4, 0.5) is 8.78 Å². The van der Waals surface area contributed by atoms with Gasteiger partial charge in [0.25, 0.3) is 5.91 Å². The third-order valence-electron chi connectivity index (χ3n) is 6.15. The number of fused-ring (bicyclic) bond motifs is 1. The van der Waals surface area contributed by atoms with Gasteiger partial charge in [-0.25, -0.2) is 13.6 Å². The van der Waals surface area contributed by atoms with Crippen molar-refractivity contribution >= 4 is 11.9 Å². The van der Waals surface area contributed by atoms with Crippen molar-refractivity contribution in [3.8, 4) is 0 Å². The van der Waals surface area contributed by atoms with Gasteiger partial charge in [0.2, 0.25) is 0 Å². The van der Waals surface area contributed by atoms with Crippen molar-refractivity contribution in [2.24, 2.45) is 17.6 Å². The highest BCUT2D eigenvalue weighted by Crippen LogP contribution is 2.48. The van der Waals surface area contributed by atoms with Gasteiger partial charge in [0, 0.05) is 25.2 Å². The molecule has 0 aromatic rings. The van der Waals surface area contributed by atoms with Gasteiger partial charge < -0.3 is 20.6 Å². The number of allylic oxidation sites excluding steroid dienone is 1. The Bertz CT molecular complexity index is 802. The quantitative estimate of drug-likeness (QED) is 0.726. The fraction of sp³-hybridized carbons (Fsp3) is 0.579. The molecule has 1 aliphatic carbocycles. The van der Waals surface area contributed by atoms with Gasteiger partial charge in [-0.1, -0.05) is 6.08 Å². The van der Waals surface area contributed by atoms with Crippen LogP contribution >= 0.6 is 0 Å². The minimum Gasteiger partial charge on any atom is -0.478 e. The normalized spacial score (nSPS) is 33.9. The van der Waals surface area contributed by atoms with Crippen molar-refractivity contribution in [2.75, 3.05) is 19.8 Å². The summed E-state index contributed by atoms with van der Waals surface area (Å²) in [5.41, 5.74) is 5.76. The van der Waals surface area contributed by atoms with Crippen LogP contribution in [0.2, 0.25) is 0 Å². The minimum absolute atomic E-state index is 0.167. The highest BCUT2D eigenvalue weighted by Gasteiger charge is 2.49. The molecule has 0 bridgehead atoms. The van der Waals surface area contributed by atoms with Crippen molar-refractivity contribution in [3.05, 3.63) is 34.9 Å². The molecule has 4 aliphatic rings. The van der Waals surface area contributed by atoms with Crippen LogP contribution in [0.5, 0.6) is 0 Å². The van der Waals surface area contributed by atoms with Crippen LogP contribution in [-0.2, 0) is 9.59 Å². The fourth-order valence-electron chi connectivity index (χ4n) is 4.59. The van der Waals surface area contributed by atoms with Crippen molar-refractivity contribution in [3.63, 3.8) is 0 Å². The Balaban J connectivity index is 1.75. The molecule has 0 radical (unpaired) electrons. The van der Waals surface area contributed by atoms with Gasteiger partial charge in [-0.2, -0.15) is 0 Å². The van der Waals surface area contributed by atoms with Crippen LogP contribution in [0, 0.1) is 11.8 Å². The predicted octanol–water partition coefficient (Wildman–Crippen LogP) is 1.71. The molecule has 0 aromatic heterocycles. The fourth-order valence-corrected chi connectivity index (χ4v) is 4.59. The van der Waals surface area contributed by atoms with E-state index in [4.69, 9.17) is 5.73 Å². The van der Waals surface area contributed by atoms with Gasteiger partial charge in [-0.05, 0) is 37.7 Å². The summed E-state index contributed by atoms with van der Waals surface area (Å²) in [6.45, 7) is 1.75. The van der Waals surface area contributed by atoms with Crippen LogP contribution in [0.1, 0.15) is 26.2 Å². The summed E-state index contributed by atoms with van der Waals surface area (Å²) < 4.78 is 28.2. The number of hydrogen-bond acceptors (Lipinski definition) is 4. The van der Waals surface area contributed by atoms with Crippen LogP contribution in [0.15, 0.2) is 34.9 Å². The summed E-state index contributed by atoms with van der Waals surface area (Å²) in [6.07, 6.45) is 4.99. The number of alkyl halides is 1. The van der Waals surface area contributed by atoms with E-state index in [1.54, 1.807) is 17.9 Å². The number of aliphatic carboxylic acids is 1. The Morgan fingerprint density at radius 3 is 2.70 bits per heavy atom. The molecule has 0 aromatic carbocycles. The first kappa shape index (κ1) is 18.2. The Labute approximate surface area is 156 Å². The molecule has 8 heteroatoms. The zero-order valence-electron chi connectivity index (χ0n) is 15.1. The molecule has 3 aliphatic heterocycles. The van der Waals surface area contributed by atoms with Gasteiger partial charge in [0.05, 0.1) is 17.3 Å². The van der Waals surface area contributed by atoms with Crippen molar-refractivity contribution < 1.29 is 23.5 Å². The summed E-state index contributed by atoms with van der Waals surface area (Å²) in [7, 11) is 0. The van der Waals surface area contributed by atoms with Crippen LogP contribution < -0.4 is 5.73 Å². The molecule has 27 heavy (non-hydrogen) atoms. The van der Waals surface area contributed by atoms with Crippen LogP contribution in [0.3, 0.4) is 0 Å². The number of carboxylic acid groups (broad SMARTS) is 1. The second-order valence-electron chi connectivity index (χ2n) is 8.13. The number of nitrogens with zero attached hydrogens (tertiary/aromatic N) is 2. The standard InChI is InChI=1S/C19H23F2N3O3/c1-10-15-12(11-2-3-11)6-13(18(26)27)17(25)24(15)7-14(21)16(10)23-5-4-19(22,8-20)9-23/h6-7,11-12,15H,2-5,8-9,22H2,1H3,(H,26,27). The SMILES string of the molecule is CC1=C(N2CCC(N)(CF)C2)C(F)=CN2C(=O)C(C(=O)O)=CC(C3CC3)C12. The van der Waals surface area contributed by atoms with E-state index in [1.807, 2.05) is 0 Å².